The van der Waals surface area contributed by atoms with Gasteiger partial charge in [0.05, 0.1) is 18.0 Å². The van der Waals surface area contributed by atoms with E-state index in [4.69, 9.17) is 4.42 Å². The highest BCUT2D eigenvalue weighted by Gasteiger charge is 2.05. The van der Waals surface area contributed by atoms with Gasteiger partial charge < -0.3 is 14.3 Å². The van der Waals surface area contributed by atoms with Crippen molar-refractivity contribution in [2.75, 3.05) is 5.32 Å². The van der Waals surface area contributed by atoms with E-state index in [1.807, 2.05) is 42.8 Å². The van der Waals surface area contributed by atoms with Crippen molar-refractivity contribution in [3.8, 4) is 0 Å². The van der Waals surface area contributed by atoms with Gasteiger partial charge in [0.1, 0.15) is 22.7 Å². The molecule has 3 heterocycles. The fraction of sp³-hybridized carbons (Fsp3) is 0.125. The van der Waals surface area contributed by atoms with Crippen molar-refractivity contribution < 1.29 is 4.42 Å². The van der Waals surface area contributed by atoms with E-state index in [-0.39, 0.29) is 0 Å². The quantitative estimate of drug-likeness (QED) is 0.606. The maximum atomic E-state index is 5.58. The third-order valence-electron chi connectivity index (χ3n) is 3.52. The number of anilines is 2. The highest BCUT2D eigenvalue weighted by molar-refractivity contribution is 5.84. The summed E-state index contributed by atoms with van der Waals surface area (Å²) in [5.41, 5.74) is 3.82. The number of rotatable bonds is 2. The Hall–Kier alpha value is -2.82. The molecule has 5 nitrogen and oxygen atoms in total. The van der Waals surface area contributed by atoms with Crippen LogP contribution in [0.2, 0.25) is 0 Å². The Morgan fingerprint density at radius 3 is 2.95 bits per heavy atom. The second kappa shape index (κ2) is 4.34. The highest BCUT2D eigenvalue weighted by atomic mass is 16.3. The van der Waals surface area contributed by atoms with Crippen molar-refractivity contribution >= 4 is 33.5 Å². The average molecular weight is 278 g/mol. The summed E-state index contributed by atoms with van der Waals surface area (Å²) >= 11 is 0. The molecule has 1 N–H and O–H groups in total. The normalized spacial score (nSPS) is 11.3. The number of benzene rings is 1. The van der Waals surface area contributed by atoms with E-state index in [0.717, 1.165) is 39.3 Å². The lowest BCUT2D eigenvalue weighted by Gasteiger charge is -2.06. The zero-order valence-corrected chi connectivity index (χ0v) is 11.8. The predicted molar refractivity (Wildman–Crippen MR) is 82.7 cm³/mol. The van der Waals surface area contributed by atoms with Crippen molar-refractivity contribution in [2.45, 2.75) is 6.92 Å². The highest BCUT2D eigenvalue weighted by Crippen LogP contribution is 2.25. The molecule has 0 aliphatic rings. The van der Waals surface area contributed by atoms with Crippen LogP contribution in [0.3, 0.4) is 0 Å². The van der Waals surface area contributed by atoms with Gasteiger partial charge in [-0.05, 0) is 31.2 Å². The Kier molecular flexibility index (Phi) is 2.47. The number of fused-ring (bicyclic) bond motifs is 2. The van der Waals surface area contributed by atoms with Crippen LogP contribution in [0.5, 0.6) is 0 Å². The number of pyridine rings is 1. The minimum absolute atomic E-state index is 0.797. The third-order valence-corrected chi connectivity index (χ3v) is 3.52. The molecule has 104 valence electrons. The van der Waals surface area contributed by atoms with Crippen LogP contribution in [0.25, 0.3) is 22.0 Å². The molecule has 0 aliphatic heterocycles. The number of furan rings is 1. The average Bonchev–Trinajstić information content (AvgIpc) is 3.01. The van der Waals surface area contributed by atoms with E-state index in [2.05, 4.69) is 21.4 Å². The lowest BCUT2D eigenvalue weighted by Crippen LogP contribution is -1.94. The molecule has 0 amide bonds. The number of aryl methyl sites for hydroxylation is 2. The summed E-state index contributed by atoms with van der Waals surface area (Å²) < 4.78 is 7.56. The molecular formula is C16H14N4O. The summed E-state index contributed by atoms with van der Waals surface area (Å²) in [6.07, 6.45) is 3.56. The molecule has 3 aromatic heterocycles. The van der Waals surface area contributed by atoms with Gasteiger partial charge in [0.25, 0.3) is 0 Å². The monoisotopic (exact) mass is 278 g/mol. The summed E-state index contributed by atoms with van der Waals surface area (Å²) in [5.74, 6) is 1.71. The number of nitrogens with one attached hydrogen (secondary N) is 1. The first kappa shape index (κ1) is 12.0. The summed E-state index contributed by atoms with van der Waals surface area (Å²) in [5, 5.41) is 4.40. The van der Waals surface area contributed by atoms with Crippen molar-refractivity contribution in [1.29, 1.82) is 0 Å². The van der Waals surface area contributed by atoms with Gasteiger partial charge in [-0.3, -0.25) is 0 Å². The van der Waals surface area contributed by atoms with E-state index in [0.29, 0.717) is 0 Å². The number of nitrogens with zero attached hydrogens (tertiary/aromatic N) is 3. The second-order valence-electron chi connectivity index (χ2n) is 5.15. The molecule has 0 unspecified atom stereocenters. The summed E-state index contributed by atoms with van der Waals surface area (Å²) in [7, 11) is 1.97. The molecule has 4 aromatic rings. The van der Waals surface area contributed by atoms with Crippen molar-refractivity contribution in [1.82, 2.24) is 14.5 Å². The van der Waals surface area contributed by atoms with Gasteiger partial charge in [-0.1, -0.05) is 0 Å². The molecule has 0 fully saturated rings. The van der Waals surface area contributed by atoms with Crippen LogP contribution in [0.15, 0.2) is 47.3 Å². The van der Waals surface area contributed by atoms with Crippen molar-refractivity contribution in [2.24, 2.45) is 7.05 Å². The molecule has 21 heavy (non-hydrogen) atoms. The lowest BCUT2D eigenvalue weighted by molar-refractivity contribution is 0.578. The molecule has 0 spiro atoms. The van der Waals surface area contributed by atoms with Crippen LogP contribution in [0.1, 0.15) is 5.76 Å². The van der Waals surface area contributed by atoms with Crippen LogP contribution in [0.4, 0.5) is 11.5 Å². The Morgan fingerprint density at radius 1 is 1.14 bits per heavy atom. The molecule has 0 atom stereocenters. The summed E-state index contributed by atoms with van der Waals surface area (Å²) in [6, 6.07) is 10.0. The molecule has 1 aromatic carbocycles. The number of aromatic nitrogens is 3. The van der Waals surface area contributed by atoms with Crippen LogP contribution in [-0.2, 0) is 7.05 Å². The van der Waals surface area contributed by atoms with Gasteiger partial charge in [0, 0.05) is 24.2 Å². The Bertz CT molecular complexity index is 951. The number of hydrogen-bond acceptors (Lipinski definition) is 4. The Morgan fingerprint density at radius 2 is 2.05 bits per heavy atom. The summed E-state index contributed by atoms with van der Waals surface area (Å²) in [4.78, 5) is 8.66. The first-order valence-corrected chi connectivity index (χ1v) is 6.73. The van der Waals surface area contributed by atoms with E-state index in [1.54, 1.807) is 12.5 Å². The number of imidazole rings is 1. The largest absolute Gasteiger partial charge is 0.461 e. The van der Waals surface area contributed by atoms with Crippen molar-refractivity contribution in [3.05, 3.63) is 48.6 Å². The standard InChI is InChI=1S/C16H14N4O/c1-10-5-11-6-12(3-4-15(11)21-10)19-16-7-14-13(8-17-16)18-9-20(14)2/h3-9H,1-2H3,(H,17,19). The molecule has 0 aliphatic carbocycles. The van der Waals surface area contributed by atoms with E-state index >= 15 is 0 Å². The molecular weight excluding hydrogens is 264 g/mol. The molecule has 5 heteroatoms. The molecule has 4 rings (SSSR count). The zero-order chi connectivity index (χ0) is 14.4. The van der Waals surface area contributed by atoms with Gasteiger partial charge in [-0.2, -0.15) is 0 Å². The molecule has 0 saturated carbocycles. The Balaban J connectivity index is 1.72. The van der Waals surface area contributed by atoms with Crippen LogP contribution in [-0.4, -0.2) is 14.5 Å². The lowest BCUT2D eigenvalue weighted by atomic mass is 10.2. The van der Waals surface area contributed by atoms with E-state index < -0.39 is 0 Å². The summed E-state index contributed by atoms with van der Waals surface area (Å²) in [6.45, 7) is 1.95. The molecule has 0 bridgehead atoms. The third kappa shape index (κ3) is 2.03. The maximum Gasteiger partial charge on any atom is 0.134 e. The fourth-order valence-corrected chi connectivity index (χ4v) is 2.50. The van der Waals surface area contributed by atoms with Gasteiger partial charge in [-0.25, -0.2) is 9.97 Å². The predicted octanol–water partition coefficient (Wildman–Crippen LogP) is 3.77. The first-order valence-electron chi connectivity index (χ1n) is 6.73. The smallest absolute Gasteiger partial charge is 0.134 e. The first-order chi connectivity index (χ1) is 10.2. The fourth-order valence-electron chi connectivity index (χ4n) is 2.50. The zero-order valence-electron chi connectivity index (χ0n) is 11.8. The SMILES string of the molecule is Cc1cc2cc(Nc3cc4c(cn3)ncn4C)ccc2o1. The minimum atomic E-state index is 0.797. The van der Waals surface area contributed by atoms with Gasteiger partial charge >= 0.3 is 0 Å². The Labute approximate surface area is 121 Å². The topological polar surface area (TPSA) is 55.9 Å². The van der Waals surface area contributed by atoms with Crippen LogP contribution < -0.4 is 5.32 Å². The molecule has 0 saturated heterocycles. The minimum Gasteiger partial charge on any atom is -0.461 e. The van der Waals surface area contributed by atoms with Crippen LogP contribution >= 0.6 is 0 Å². The van der Waals surface area contributed by atoms with Gasteiger partial charge in [-0.15, -0.1) is 0 Å². The maximum absolute atomic E-state index is 5.58. The van der Waals surface area contributed by atoms with Gasteiger partial charge in [0.15, 0.2) is 0 Å². The molecule has 0 radical (unpaired) electrons. The van der Waals surface area contributed by atoms with Crippen molar-refractivity contribution in [3.63, 3.8) is 0 Å². The number of hydrogen-bond donors (Lipinski definition) is 1. The second-order valence-corrected chi connectivity index (χ2v) is 5.15. The van der Waals surface area contributed by atoms with Gasteiger partial charge in [0.2, 0.25) is 0 Å². The van der Waals surface area contributed by atoms with E-state index in [1.165, 1.54) is 0 Å². The van der Waals surface area contributed by atoms with Crippen LogP contribution in [0, 0.1) is 6.92 Å². The van der Waals surface area contributed by atoms with E-state index in [9.17, 15) is 0 Å².